The summed E-state index contributed by atoms with van der Waals surface area (Å²) in [6, 6.07) is 1.95. The number of aryl methyl sites for hydroxylation is 1. The van der Waals surface area contributed by atoms with Gasteiger partial charge in [-0.1, -0.05) is 0 Å². The molecule has 2 rings (SSSR count). The number of hydrogen-bond donors (Lipinski definition) is 0. The van der Waals surface area contributed by atoms with E-state index in [1.54, 1.807) is 11.3 Å². The van der Waals surface area contributed by atoms with Gasteiger partial charge in [-0.05, 0) is 36.3 Å². The summed E-state index contributed by atoms with van der Waals surface area (Å²) in [6.07, 6.45) is 0.150. The molecule has 19 heavy (non-hydrogen) atoms. The summed E-state index contributed by atoms with van der Waals surface area (Å²) in [4.78, 5) is 14.8. The SMILES string of the molecule is O=C(C1CCCc2sccc21)N(CCCl)CC(F)F. The summed E-state index contributed by atoms with van der Waals surface area (Å²) >= 11 is 7.25. The van der Waals surface area contributed by atoms with Crippen LogP contribution < -0.4 is 0 Å². The zero-order valence-corrected chi connectivity index (χ0v) is 12.0. The fourth-order valence-corrected chi connectivity index (χ4v) is 3.71. The van der Waals surface area contributed by atoms with Crippen molar-refractivity contribution in [3.8, 4) is 0 Å². The van der Waals surface area contributed by atoms with Crippen LogP contribution in [0.2, 0.25) is 0 Å². The van der Waals surface area contributed by atoms with Crippen molar-refractivity contribution in [1.29, 1.82) is 0 Å². The summed E-state index contributed by atoms with van der Waals surface area (Å²) < 4.78 is 25.1. The Morgan fingerprint density at radius 3 is 3.05 bits per heavy atom. The Labute approximate surface area is 120 Å². The maximum Gasteiger partial charge on any atom is 0.255 e. The third-order valence-corrected chi connectivity index (χ3v) is 4.54. The van der Waals surface area contributed by atoms with Crippen LogP contribution in [-0.2, 0) is 11.2 Å². The largest absolute Gasteiger partial charge is 0.335 e. The van der Waals surface area contributed by atoms with E-state index in [1.165, 1.54) is 9.78 Å². The first-order valence-corrected chi connectivity index (χ1v) is 7.74. The minimum Gasteiger partial charge on any atom is -0.335 e. The summed E-state index contributed by atoms with van der Waals surface area (Å²) in [5, 5.41) is 1.97. The van der Waals surface area contributed by atoms with Crippen molar-refractivity contribution in [3.05, 3.63) is 21.9 Å². The van der Waals surface area contributed by atoms with E-state index in [0.29, 0.717) is 0 Å². The second-order valence-electron chi connectivity index (χ2n) is 4.61. The van der Waals surface area contributed by atoms with E-state index in [1.807, 2.05) is 11.4 Å². The van der Waals surface area contributed by atoms with Crippen molar-refractivity contribution in [2.45, 2.75) is 31.6 Å². The van der Waals surface area contributed by atoms with Crippen LogP contribution in [0, 0.1) is 0 Å². The van der Waals surface area contributed by atoms with Crippen molar-refractivity contribution >= 4 is 28.8 Å². The van der Waals surface area contributed by atoms with Crippen molar-refractivity contribution in [2.24, 2.45) is 0 Å². The number of carbonyl (C=O) groups is 1. The first kappa shape index (κ1) is 14.7. The molecule has 0 spiro atoms. The number of amides is 1. The third-order valence-electron chi connectivity index (χ3n) is 3.37. The Morgan fingerprint density at radius 2 is 2.37 bits per heavy atom. The normalized spacial score (nSPS) is 18.4. The molecule has 0 fully saturated rings. The van der Waals surface area contributed by atoms with Crippen molar-refractivity contribution in [2.75, 3.05) is 19.0 Å². The minimum atomic E-state index is -2.52. The molecule has 1 aromatic rings. The molecule has 1 aromatic heterocycles. The van der Waals surface area contributed by atoms with E-state index in [-0.39, 0.29) is 24.2 Å². The van der Waals surface area contributed by atoms with Crippen LogP contribution >= 0.6 is 22.9 Å². The first-order chi connectivity index (χ1) is 9.13. The van der Waals surface area contributed by atoms with E-state index in [9.17, 15) is 13.6 Å². The predicted octanol–water partition coefficient (Wildman–Crippen LogP) is 3.50. The molecule has 106 valence electrons. The van der Waals surface area contributed by atoms with Crippen LogP contribution in [-0.4, -0.2) is 36.2 Å². The Morgan fingerprint density at radius 1 is 1.58 bits per heavy atom. The van der Waals surface area contributed by atoms with Gasteiger partial charge >= 0.3 is 0 Å². The van der Waals surface area contributed by atoms with Gasteiger partial charge in [0.2, 0.25) is 5.91 Å². The predicted molar refractivity (Wildman–Crippen MR) is 73.3 cm³/mol. The van der Waals surface area contributed by atoms with Crippen LogP contribution in [0.5, 0.6) is 0 Å². The van der Waals surface area contributed by atoms with Gasteiger partial charge in [0.1, 0.15) is 0 Å². The molecule has 0 bridgehead atoms. The molecule has 1 heterocycles. The third kappa shape index (κ3) is 3.45. The van der Waals surface area contributed by atoms with E-state index < -0.39 is 13.0 Å². The first-order valence-electron chi connectivity index (χ1n) is 6.32. The number of carbonyl (C=O) groups excluding carboxylic acids is 1. The van der Waals surface area contributed by atoms with Gasteiger partial charge in [-0.15, -0.1) is 22.9 Å². The topological polar surface area (TPSA) is 20.3 Å². The van der Waals surface area contributed by atoms with Gasteiger partial charge in [-0.3, -0.25) is 4.79 Å². The molecule has 0 N–H and O–H groups in total. The zero-order chi connectivity index (χ0) is 13.8. The fourth-order valence-electron chi connectivity index (χ4n) is 2.52. The fraction of sp³-hybridized carbons (Fsp3) is 0.615. The van der Waals surface area contributed by atoms with Crippen molar-refractivity contribution in [3.63, 3.8) is 0 Å². The molecular weight excluding hydrogens is 292 g/mol. The highest BCUT2D eigenvalue weighted by Gasteiger charge is 2.31. The molecule has 1 aliphatic carbocycles. The Hall–Kier alpha value is -0.680. The Balaban J connectivity index is 2.14. The maximum atomic E-state index is 12.5. The standard InChI is InChI=1S/C13H16ClF2NOS/c14-5-6-17(8-12(15)16)13(18)10-2-1-3-11-9(10)4-7-19-11/h4,7,10,12H,1-3,5-6,8H2. The van der Waals surface area contributed by atoms with E-state index in [0.717, 1.165) is 24.8 Å². The van der Waals surface area contributed by atoms with Crippen molar-refractivity contribution < 1.29 is 13.6 Å². The van der Waals surface area contributed by atoms with Gasteiger partial charge in [0.05, 0.1) is 12.5 Å². The van der Waals surface area contributed by atoms with E-state index >= 15 is 0 Å². The molecule has 1 amide bonds. The van der Waals surface area contributed by atoms with Gasteiger partial charge in [-0.2, -0.15) is 0 Å². The van der Waals surface area contributed by atoms with Crippen molar-refractivity contribution in [1.82, 2.24) is 4.90 Å². The number of fused-ring (bicyclic) bond motifs is 1. The number of hydrogen-bond acceptors (Lipinski definition) is 2. The molecule has 0 saturated carbocycles. The lowest BCUT2D eigenvalue weighted by Crippen LogP contribution is -2.40. The average Bonchev–Trinajstić information content (AvgIpc) is 2.85. The van der Waals surface area contributed by atoms with Crippen LogP contribution in [0.4, 0.5) is 8.78 Å². The average molecular weight is 308 g/mol. The summed E-state index contributed by atoms with van der Waals surface area (Å²) in [5.41, 5.74) is 1.02. The lowest BCUT2D eigenvalue weighted by Gasteiger charge is -2.29. The van der Waals surface area contributed by atoms with Crippen LogP contribution in [0.15, 0.2) is 11.4 Å². The Bertz CT molecular complexity index is 438. The highest BCUT2D eigenvalue weighted by atomic mass is 35.5. The number of rotatable bonds is 5. The summed E-state index contributed by atoms with van der Waals surface area (Å²) in [7, 11) is 0. The summed E-state index contributed by atoms with van der Waals surface area (Å²) in [5.74, 6) is -0.293. The molecule has 6 heteroatoms. The maximum absolute atomic E-state index is 12.5. The van der Waals surface area contributed by atoms with Crippen LogP contribution in [0.3, 0.4) is 0 Å². The molecular formula is C13H16ClF2NOS. The molecule has 0 saturated heterocycles. The molecule has 0 aliphatic heterocycles. The molecule has 1 aliphatic rings. The van der Waals surface area contributed by atoms with Crippen LogP contribution in [0.25, 0.3) is 0 Å². The Kier molecular flexibility index (Phi) is 5.16. The van der Waals surface area contributed by atoms with Gasteiger partial charge in [-0.25, -0.2) is 8.78 Å². The number of nitrogens with zero attached hydrogens (tertiary/aromatic N) is 1. The lowest BCUT2D eigenvalue weighted by atomic mass is 9.86. The second kappa shape index (κ2) is 6.66. The summed E-state index contributed by atoms with van der Waals surface area (Å²) in [6.45, 7) is -0.345. The highest BCUT2D eigenvalue weighted by molar-refractivity contribution is 7.10. The second-order valence-corrected chi connectivity index (χ2v) is 5.99. The molecule has 1 unspecified atom stereocenters. The van der Waals surface area contributed by atoms with Gasteiger partial charge in [0.15, 0.2) is 0 Å². The smallest absolute Gasteiger partial charge is 0.255 e. The molecule has 2 nitrogen and oxygen atoms in total. The van der Waals surface area contributed by atoms with E-state index in [4.69, 9.17) is 11.6 Å². The molecule has 0 aromatic carbocycles. The molecule has 1 atom stereocenters. The quantitative estimate of drug-likeness (QED) is 0.762. The number of thiophene rings is 1. The highest BCUT2D eigenvalue weighted by Crippen LogP contribution is 2.36. The minimum absolute atomic E-state index is 0.181. The molecule has 0 radical (unpaired) electrons. The number of halogens is 3. The number of alkyl halides is 3. The van der Waals surface area contributed by atoms with Crippen LogP contribution in [0.1, 0.15) is 29.2 Å². The van der Waals surface area contributed by atoms with Gasteiger partial charge < -0.3 is 4.90 Å². The van der Waals surface area contributed by atoms with Gasteiger partial charge in [0.25, 0.3) is 6.43 Å². The monoisotopic (exact) mass is 307 g/mol. The van der Waals surface area contributed by atoms with E-state index in [2.05, 4.69) is 0 Å². The van der Waals surface area contributed by atoms with Gasteiger partial charge in [0, 0.05) is 17.3 Å². The lowest BCUT2D eigenvalue weighted by molar-refractivity contribution is -0.134. The zero-order valence-electron chi connectivity index (χ0n) is 10.4.